The minimum absolute atomic E-state index is 0.172. The van der Waals surface area contributed by atoms with Gasteiger partial charge in [-0.25, -0.2) is 4.98 Å². The molecular weight excluding hydrogens is 298 g/mol. The maximum atomic E-state index is 11.7. The Kier molecular flexibility index (Phi) is 4.57. The van der Waals surface area contributed by atoms with Gasteiger partial charge in [0.2, 0.25) is 5.91 Å². The molecule has 120 valence electrons. The summed E-state index contributed by atoms with van der Waals surface area (Å²) in [4.78, 5) is 19.7. The molecule has 1 aromatic heterocycles. The van der Waals surface area contributed by atoms with E-state index in [-0.39, 0.29) is 5.91 Å². The molecule has 0 aliphatic heterocycles. The summed E-state index contributed by atoms with van der Waals surface area (Å²) < 4.78 is 0. The minimum atomic E-state index is -0.172. The van der Waals surface area contributed by atoms with Crippen LogP contribution in [0.25, 0.3) is 22.5 Å². The quantitative estimate of drug-likeness (QED) is 0.700. The zero-order chi connectivity index (χ0) is 16.9. The number of carbonyl (C=O) groups excluding carboxylic acids is 1. The van der Waals surface area contributed by atoms with E-state index >= 15 is 0 Å². The van der Waals surface area contributed by atoms with E-state index in [9.17, 15) is 4.79 Å². The number of nitrogens with one attached hydrogen (secondary N) is 2. The highest BCUT2D eigenvalue weighted by Crippen LogP contribution is 2.29. The molecule has 0 aliphatic rings. The lowest BCUT2D eigenvalue weighted by atomic mass is 10.1. The Labute approximate surface area is 141 Å². The van der Waals surface area contributed by atoms with Crippen molar-refractivity contribution < 1.29 is 4.79 Å². The van der Waals surface area contributed by atoms with E-state index in [1.165, 1.54) is 0 Å². The predicted molar refractivity (Wildman–Crippen MR) is 96.1 cm³/mol. The first-order valence-corrected chi connectivity index (χ1v) is 7.78. The zero-order valence-electron chi connectivity index (χ0n) is 13.5. The summed E-state index contributed by atoms with van der Waals surface area (Å²) in [5.74, 6) is 0.538. The lowest BCUT2D eigenvalue weighted by Gasteiger charge is -2.02. The van der Waals surface area contributed by atoms with Crippen molar-refractivity contribution in [2.45, 2.75) is 13.5 Å². The molecule has 2 N–H and O–H groups in total. The highest BCUT2D eigenvalue weighted by molar-refractivity contribution is 5.92. The minimum Gasteiger partial charge on any atom is -0.345 e. The van der Waals surface area contributed by atoms with Gasteiger partial charge in [-0.15, -0.1) is 0 Å². The standard InChI is InChI=1S/C20H19N3O/c1-14(2)20(24)21-13-17-22-18(15-9-5-3-6-10-15)19(23-17)16-11-7-4-8-12-16/h3-12H,1,13H2,2H3,(H,21,24)(H,22,23). The van der Waals surface area contributed by atoms with Gasteiger partial charge in [0.05, 0.1) is 17.9 Å². The smallest absolute Gasteiger partial charge is 0.246 e. The van der Waals surface area contributed by atoms with Gasteiger partial charge in [0.1, 0.15) is 5.82 Å². The second-order valence-corrected chi connectivity index (χ2v) is 5.60. The van der Waals surface area contributed by atoms with Crippen molar-refractivity contribution in [1.29, 1.82) is 0 Å². The Morgan fingerprint density at radius 3 is 2.21 bits per heavy atom. The normalized spacial score (nSPS) is 10.4. The van der Waals surface area contributed by atoms with Crippen molar-refractivity contribution in [2.24, 2.45) is 0 Å². The molecule has 1 amide bonds. The number of imidazole rings is 1. The summed E-state index contributed by atoms with van der Waals surface area (Å²) in [5, 5.41) is 2.81. The van der Waals surface area contributed by atoms with Gasteiger partial charge in [-0.05, 0) is 6.92 Å². The molecule has 0 spiro atoms. The molecule has 2 aromatic carbocycles. The Morgan fingerprint density at radius 1 is 1.04 bits per heavy atom. The van der Waals surface area contributed by atoms with E-state index in [4.69, 9.17) is 0 Å². The highest BCUT2D eigenvalue weighted by Gasteiger charge is 2.14. The van der Waals surface area contributed by atoms with Crippen LogP contribution in [-0.4, -0.2) is 15.9 Å². The Morgan fingerprint density at radius 2 is 1.62 bits per heavy atom. The Balaban J connectivity index is 1.97. The number of nitrogens with zero attached hydrogens (tertiary/aromatic N) is 1. The highest BCUT2D eigenvalue weighted by atomic mass is 16.1. The predicted octanol–water partition coefficient (Wildman–Crippen LogP) is 3.94. The van der Waals surface area contributed by atoms with Crippen LogP contribution in [0.1, 0.15) is 12.7 Å². The largest absolute Gasteiger partial charge is 0.345 e. The molecule has 0 saturated carbocycles. The molecular formula is C20H19N3O. The van der Waals surface area contributed by atoms with Gasteiger partial charge in [-0.2, -0.15) is 0 Å². The van der Waals surface area contributed by atoms with Crippen LogP contribution in [-0.2, 0) is 11.3 Å². The zero-order valence-corrected chi connectivity index (χ0v) is 13.5. The van der Waals surface area contributed by atoms with Crippen LogP contribution in [0.15, 0.2) is 72.8 Å². The molecule has 0 aliphatic carbocycles. The first-order valence-electron chi connectivity index (χ1n) is 7.78. The van der Waals surface area contributed by atoms with Crippen molar-refractivity contribution in [3.8, 4) is 22.5 Å². The van der Waals surface area contributed by atoms with Crippen LogP contribution in [0.4, 0.5) is 0 Å². The molecule has 0 saturated heterocycles. The molecule has 0 atom stereocenters. The van der Waals surface area contributed by atoms with Crippen LogP contribution in [0, 0.1) is 0 Å². The number of amides is 1. The number of hydrogen-bond acceptors (Lipinski definition) is 2. The summed E-state index contributed by atoms with van der Waals surface area (Å²) in [6, 6.07) is 20.1. The fourth-order valence-electron chi connectivity index (χ4n) is 2.44. The summed E-state index contributed by atoms with van der Waals surface area (Å²) in [6.07, 6.45) is 0. The topological polar surface area (TPSA) is 57.8 Å². The lowest BCUT2D eigenvalue weighted by Crippen LogP contribution is -2.23. The molecule has 3 rings (SSSR count). The number of hydrogen-bond donors (Lipinski definition) is 2. The average molecular weight is 317 g/mol. The van der Waals surface area contributed by atoms with Crippen molar-refractivity contribution in [2.75, 3.05) is 0 Å². The lowest BCUT2D eigenvalue weighted by molar-refractivity contribution is -0.117. The molecule has 24 heavy (non-hydrogen) atoms. The van der Waals surface area contributed by atoms with Crippen LogP contribution < -0.4 is 5.32 Å². The van der Waals surface area contributed by atoms with Gasteiger partial charge < -0.3 is 10.3 Å². The van der Waals surface area contributed by atoms with Crippen LogP contribution >= 0.6 is 0 Å². The molecule has 1 heterocycles. The molecule has 0 fully saturated rings. The Hall–Kier alpha value is -3.14. The van der Waals surface area contributed by atoms with E-state index in [1.54, 1.807) is 6.92 Å². The van der Waals surface area contributed by atoms with Crippen LogP contribution in [0.5, 0.6) is 0 Å². The van der Waals surface area contributed by atoms with Gasteiger partial charge in [-0.3, -0.25) is 4.79 Å². The fraction of sp³-hybridized carbons (Fsp3) is 0.100. The summed E-state index contributed by atoms with van der Waals surface area (Å²) in [5.41, 5.74) is 4.39. The maximum Gasteiger partial charge on any atom is 0.246 e. The monoisotopic (exact) mass is 317 g/mol. The summed E-state index contributed by atoms with van der Waals surface area (Å²) in [7, 11) is 0. The number of benzene rings is 2. The molecule has 0 radical (unpaired) electrons. The van der Waals surface area contributed by atoms with E-state index in [2.05, 4.69) is 21.9 Å². The van der Waals surface area contributed by atoms with Crippen LogP contribution in [0.3, 0.4) is 0 Å². The van der Waals surface area contributed by atoms with Gasteiger partial charge in [0.25, 0.3) is 0 Å². The number of carbonyl (C=O) groups is 1. The molecule has 4 heteroatoms. The summed E-state index contributed by atoms with van der Waals surface area (Å²) in [6.45, 7) is 5.66. The van der Waals surface area contributed by atoms with Gasteiger partial charge >= 0.3 is 0 Å². The maximum absolute atomic E-state index is 11.7. The van der Waals surface area contributed by atoms with E-state index in [0.29, 0.717) is 17.9 Å². The first kappa shape index (κ1) is 15.7. The third kappa shape index (κ3) is 3.43. The SMILES string of the molecule is C=C(C)C(=O)NCc1nc(-c2ccccc2)c(-c2ccccc2)[nH]1. The summed E-state index contributed by atoms with van der Waals surface area (Å²) >= 11 is 0. The molecule has 3 aromatic rings. The number of H-pyrrole nitrogens is 1. The number of aromatic nitrogens is 2. The van der Waals surface area contributed by atoms with Gasteiger partial charge in [-0.1, -0.05) is 67.2 Å². The van der Waals surface area contributed by atoms with E-state index < -0.39 is 0 Å². The fourth-order valence-corrected chi connectivity index (χ4v) is 2.44. The van der Waals surface area contributed by atoms with E-state index in [0.717, 1.165) is 22.5 Å². The first-order chi connectivity index (χ1) is 11.6. The van der Waals surface area contributed by atoms with Gasteiger partial charge in [0, 0.05) is 16.7 Å². The number of rotatable bonds is 5. The molecule has 0 bridgehead atoms. The van der Waals surface area contributed by atoms with Crippen molar-refractivity contribution in [3.05, 3.63) is 78.6 Å². The molecule has 0 unspecified atom stereocenters. The Bertz CT molecular complexity index is 794. The third-order valence-electron chi connectivity index (χ3n) is 3.67. The molecule has 4 nitrogen and oxygen atoms in total. The second kappa shape index (κ2) is 6.96. The van der Waals surface area contributed by atoms with E-state index in [1.807, 2.05) is 60.7 Å². The van der Waals surface area contributed by atoms with Crippen LogP contribution in [0.2, 0.25) is 0 Å². The average Bonchev–Trinajstić information content (AvgIpc) is 3.05. The number of aromatic amines is 1. The third-order valence-corrected chi connectivity index (χ3v) is 3.67. The second-order valence-electron chi connectivity index (χ2n) is 5.60. The van der Waals surface area contributed by atoms with Gasteiger partial charge in [0.15, 0.2) is 0 Å². The van der Waals surface area contributed by atoms with Crippen molar-refractivity contribution >= 4 is 5.91 Å². The van der Waals surface area contributed by atoms with Crippen molar-refractivity contribution in [3.63, 3.8) is 0 Å². The van der Waals surface area contributed by atoms with Crippen molar-refractivity contribution in [1.82, 2.24) is 15.3 Å².